The molecule has 3 heterocycles. The number of hydrogen-bond acceptors (Lipinski definition) is 4. The summed E-state index contributed by atoms with van der Waals surface area (Å²) in [5, 5.41) is 10.1. The summed E-state index contributed by atoms with van der Waals surface area (Å²) in [5.41, 5.74) is 0.243. The molecule has 0 unspecified atom stereocenters. The lowest BCUT2D eigenvalue weighted by molar-refractivity contribution is -0.145. The Morgan fingerprint density at radius 1 is 1.23 bits per heavy atom. The monoisotopic (exact) mass is 376 g/mol. The van der Waals surface area contributed by atoms with Crippen molar-refractivity contribution < 1.29 is 9.90 Å². The molecule has 1 spiro atoms. The Morgan fingerprint density at radius 2 is 1.96 bits per heavy atom. The Bertz CT molecular complexity index is 632. The van der Waals surface area contributed by atoms with Crippen LogP contribution in [0.15, 0.2) is 12.1 Å². The van der Waals surface area contributed by atoms with Gasteiger partial charge in [-0.15, -0.1) is 11.3 Å². The lowest BCUT2D eigenvalue weighted by Gasteiger charge is -2.52. The second-order valence-corrected chi connectivity index (χ2v) is 10.1. The molecule has 2 aliphatic heterocycles. The van der Waals surface area contributed by atoms with Crippen molar-refractivity contribution >= 4 is 17.2 Å². The van der Waals surface area contributed by atoms with Gasteiger partial charge in [-0.2, -0.15) is 0 Å². The zero-order valence-corrected chi connectivity index (χ0v) is 16.8. The number of piperidine rings is 2. The standard InChI is InChI=1S/C21H32N2O2S/c1-16-5-6-19(26-16)14-22-10-7-21(8-11-22)9-12-23(13-18(21)15-24)20(25)17-3-2-4-17/h5-6,17-18,24H,2-4,7-15H2,1H3/t18-/m1/s1. The number of amides is 1. The van der Waals surface area contributed by atoms with Crippen molar-refractivity contribution in [3.8, 4) is 0 Å². The first-order chi connectivity index (χ1) is 12.6. The molecule has 0 aromatic carbocycles. The zero-order valence-electron chi connectivity index (χ0n) is 16.0. The number of carbonyl (C=O) groups is 1. The zero-order chi connectivity index (χ0) is 18.1. The lowest BCUT2D eigenvalue weighted by atomic mass is 9.64. The van der Waals surface area contributed by atoms with E-state index >= 15 is 0 Å². The van der Waals surface area contributed by atoms with E-state index in [1.54, 1.807) is 0 Å². The first-order valence-electron chi connectivity index (χ1n) is 10.3. The van der Waals surface area contributed by atoms with Gasteiger partial charge in [0.1, 0.15) is 0 Å². The highest BCUT2D eigenvalue weighted by Crippen LogP contribution is 2.46. The molecular weight excluding hydrogens is 344 g/mol. The molecule has 1 aromatic heterocycles. The lowest BCUT2D eigenvalue weighted by Crippen LogP contribution is -2.55. The van der Waals surface area contributed by atoms with Gasteiger partial charge < -0.3 is 10.0 Å². The minimum absolute atomic E-state index is 0.221. The Labute approximate surface area is 161 Å². The van der Waals surface area contributed by atoms with Crippen LogP contribution < -0.4 is 0 Å². The Hall–Kier alpha value is -0.910. The number of aliphatic hydroxyl groups is 1. The van der Waals surface area contributed by atoms with Crippen LogP contribution in [0.3, 0.4) is 0 Å². The third-order valence-corrected chi connectivity index (χ3v) is 8.19. The highest BCUT2D eigenvalue weighted by molar-refractivity contribution is 7.11. The quantitative estimate of drug-likeness (QED) is 0.877. The van der Waals surface area contributed by atoms with Gasteiger partial charge in [0.15, 0.2) is 0 Å². The van der Waals surface area contributed by atoms with Gasteiger partial charge in [0.2, 0.25) is 5.91 Å². The summed E-state index contributed by atoms with van der Waals surface area (Å²) < 4.78 is 0. The summed E-state index contributed by atoms with van der Waals surface area (Å²) in [6, 6.07) is 4.47. The molecule has 0 radical (unpaired) electrons. The Morgan fingerprint density at radius 3 is 2.54 bits per heavy atom. The average Bonchev–Trinajstić information content (AvgIpc) is 3.01. The summed E-state index contributed by atoms with van der Waals surface area (Å²) in [7, 11) is 0. The fourth-order valence-corrected chi connectivity index (χ4v) is 6.02. The summed E-state index contributed by atoms with van der Waals surface area (Å²) in [6.45, 7) is 7.35. The Kier molecular flexibility index (Phi) is 5.40. The van der Waals surface area contributed by atoms with E-state index in [4.69, 9.17) is 0 Å². The van der Waals surface area contributed by atoms with Crippen molar-refractivity contribution in [1.29, 1.82) is 0 Å². The van der Waals surface area contributed by atoms with Crippen LogP contribution >= 0.6 is 11.3 Å². The maximum atomic E-state index is 12.6. The van der Waals surface area contributed by atoms with Crippen molar-refractivity contribution in [3.63, 3.8) is 0 Å². The van der Waals surface area contributed by atoms with E-state index in [-0.39, 0.29) is 23.9 Å². The van der Waals surface area contributed by atoms with Gasteiger partial charge in [0.05, 0.1) is 0 Å². The molecule has 1 amide bonds. The van der Waals surface area contributed by atoms with Crippen LogP contribution in [0.2, 0.25) is 0 Å². The largest absolute Gasteiger partial charge is 0.396 e. The SMILES string of the molecule is Cc1ccc(CN2CCC3(CC2)CCN(C(=O)C2CCC2)C[C@@H]3CO)s1. The van der Waals surface area contributed by atoms with Gasteiger partial charge in [-0.3, -0.25) is 9.69 Å². The van der Waals surface area contributed by atoms with Crippen molar-refractivity contribution in [2.75, 3.05) is 32.8 Å². The van der Waals surface area contributed by atoms with Gasteiger partial charge in [-0.1, -0.05) is 6.42 Å². The number of likely N-dealkylation sites (tertiary alicyclic amines) is 2. The number of nitrogens with zero attached hydrogens (tertiary/aromatic N) is 2. The van der Waals surface area contributed by atoms with Gasteiger partial charge in [0.25, 0.3) is 0 Å². The average molecular weight is 377 g/mol. The molecule has 1 aliphatic carbocycles. The molecule has 144 valence electrons. The normalized spacial score (nSPS) is 26.8. The highest BCUT2D eigenvalue weighted by Gasteiger charge is 2.46. The third-order valence-electron chi connectivity index (χ3n) is 7.20. The van der Waals surface area contributed by atoms with E-state index in [0.29, 0.717) is 5.91 Å². The number of aryl methyl sites for hydroxylation is 1. The van der Waals surface area contributed by atoms with Crippen molar-refractivity contribution in [2.45, 2.75) is 52.0 Å². The molecule has 3 aliphatic rings. The minimum Gasteiger partial charge on any atom is -0.396 e. The molecule has 1 N–H and O–H groups in total. The molecule has 4 nitrogen and oxygen atoms in total. The molecule has 1 atom stereocenters. The van der Waals surface area contributed by atoms with Crippen LogP contribution in [-0.4, -0.2) is 53.6 Å². The first-order valence-corrected chi connectivity index (χ1v) is 11.1. The molecule has 4 rings (SSSR count). The number of thiophene rings is 1. The van der Waals surface area contributed by atoms with Crippen LogP contribution in [0.5, 0.6) is 0 Å². The predicted octanol–water partition coefficient (Wildman–Crippen LogP) is 3.28. The molecule has 26 heavy (non-hydrogen) atoms. The van der Waals surface area contributed by atoms with Crippen LogP contribution in [0.25, 0.3) is 0 Å². The van der Waals surface area contributed by atoms with E-state index in [1.165, 1.54) is 16.2 Å². The van der Waals surface area contributed by atoms with E-state index in [2.05, 4.69) is 28.9 Å². The number of hydrogen-bond donors (Lipinski definition) is 1. The second kappa shape index (κ2) is 7.61. The topological polar surface area (TPSA) is 43.8 Å². The fourth-order valence-electron chi connectivity index (χ4n) is 5.08. The van der Waals surface area contributed by atoms with Crippen molar-refractivity contribution in [2.24, 2.45) is 17.3 Å². The summed E-state index contributed by atoms with van der Waals surface area (Å²) in [6.07, 6.45) is 6.74. The predicted molar refractivity (Wildman–Crippen MR) is 105 cm³/mol. The van der Waals surface area contributed by atoms with E-state index in [9.17, 15) is 9.90 Å². The maximum absolute atomic E-state index is 12.6. The number of carbonyl (C=O) groups excluding carboxylic acids is 1. The van der Waals surface area contributed by atoms with Crippen LogP contribution in [0, 0.1) is 24.2 Å². The van der Waals surface area contributed by atoms with Crippen LogP contribution in [0.1, 0.15) is 48.3 Å². The minimum atomic E-state index is 0.221. The van der Waals surface area contributed by atoms with Gasteiger partial charge in [0, 0.05) is 47.8 Å². The molecule has 2 saturated heterocycles. The Balaban J connectivity index is 1.34. The second-order valence-electron chi connectivity index (χ2n) is 8.69. The molecular formula is C21H32N2O2S. The molecule has 0 bridgehead atoms. The fraction of sp³-hybridized carbons (Fsp3) is 0.762. The first kappa shape index (κ1) is 18.5. The van der Waals surface area contributed by atoms with Gasteiger partial charge in [-0.25, -0.2) is 0 Å². The summed E-state index contributed by atoms with van der Waals surface area (Å²) in [5.74, 6) is 0.890. The van der Waals surface area contributed by atoms with Gasteiger partial charge >= 0.3 is 0 Å². The van der Waals surface area contributed by atoms with E-state index < -0.39 is 0 Å². The smallest absolute Gasteiger partial charge is 0.225 e. The van der Waals surface area contributed by atoms with Crippen LogP contribution in [-0.2, 0) is 11.3 Å². The molecule has 1 saturated carbocycles. The molecule has 3 fully saturated rings. The number of aliphatic hydroxyl groups excluding tert-OH is 1. The van der Waals surface area contributed by atoms with Crippen molar-refractivity contribution in [1.82, 2.24) is 9.80 Å². The maximum Gasteiger partial charge on any atom is 0.225 e. The summed E-state index contributed by atoms with van der Waals surface area (Å²) >= 11 is 1.90. The third kappa shape index (κ3) is 3.58. The number of rotatable bonds is 4. The molecule has 1 aromatic rings. The highest BCUT2D eigenvalue weighted by atomic mass is 32.1. The van der Waals surface area contributed by atoms with Gasteiger partial charge in [-0.05, 0) is 69.7 Å². The van der Waals surface area contributed by atoms with E-state index in [0.717, 1.165) is 64.8 Å². The molecule has 5 heteroatoms. The van der Waals surface area contributed by atoms with E-state index in [1.807, 2.05) is 11.3 Å². The van der Waals surface area contributed by atoms with Crippen LogP contribution in [0.4, 0.5) is 0 Å². The van der Waals surface area contributed by atoms with Crippen molar-refractivity contribution in [3.05, 3.63) is 21.9 Å². The summed E-state index contributed by atoms with van der Waals surface area (Å²) in [4.78, 5) is 20.1.